The zero-order valence-electron chi connectivity index (χ0n) is 10.6. The summed E-state index contributed by atoms with van der Waals surface area (Å²) in [6, 6.07) is 0.0147. The highest BCUT2D eigenvalue weighted by molar-refractivity contribution is 4.77. The second kappa shape index (κ2) is 5.87. The normalized spacial score (nSPS) is 15.6. The van der Waals surface area contributed by atoms with Crippen molar-refractivity contribution in [2.45, 2.75) is 45.8 Å². The van der Waals surface area contributed by atoms with Crippen molar-refractivity contribution in [3.63, 3.8) is 0 Å². The van der Waals surface area contributed by atoms with Gasteiger partial charge in [-0.3, -0.25) is 0 Å². The molecule has 0 heterocycles. The molecule has 16 heavy (non-hydrogen) atoms. The zero-order valence-corrected chi connectivity index (χ0v) is 10.6. The number of hydrogen-bond donors (Lipinski definition) is 1. The first-order valence-electron chi connectivity index (χ1n) is 5.53. The highest BCUT2D eigenvalue weighted by atomic mass is 19.4. The largest absolute Gasteiger partial charge is 0.390 e. The molecule has 98 valence electrons. The number of hydrogen-bond acceptors (Lipinski definition) is 2. The number of nitrogens with two attached hydrogens (primary N) is 1. The molecule has 0 aliphatic rings. The second-order valence-electron chi connectivity index (χ2n) is 5.43. The van der Waals surface area contributed by atoms with E-state index in [0.717, 1.165) is 6.42 Å². The van der Waals surface area contributed by atoms with Crippen molar-refractivity contribution in [3.8, 4) is 0 Å². The number of rotatable bonds is 5. The van der Waals surface area contributed by atoms with Crippen LogP contribution in [0, 0.1) is 5.41 Å². The molecule has 0 aromatic heterocycles. The third-order valence-electron chi connectivity index (χ3n) is 2.71. The van der Waals surface area contributed by atoms with Crippen molar-refractivity contribution in [2.75, 3.05) is 20.1 Å². The van der Waals surface area contributed by atoms with E-state index in [1.165, 1.54) is 0 Å². The molecule has 0 spiro atoms. The highest BCUT2D eigenvalue weighted by Crippen LogP contribution is 2.21. The predicted octanol–water partition coefficient (Wildman–Crippen LogP) is 2.63. The molecular formula is C11H23F3N2. The molecule has 0 saturated carbocycles. The number of alkyl halides is 3. The molecule has 0 aliphatic heterocycles. The molecular weight excluding hydrogens is 217 g/mol. The van der Waals surface area contributed by atoms with Gasteiger partial charge in [-0.05, 0) is 25.4 Å². The van der Waals surface area contributed by atoms with Crippen molar-refractivity contribution in [2.24, 2.45) is 11.1 Å². The summed E-state index contributed by atoms with van der Waals surface area (Å²) in [5, 5.41) is 0. The number of halogens is 3. The molecule has 1 atom stereocenters. The molecule has 0 radical (unpaired) electrons. The standard InChI is InChI=1S/C11H23F3N2/c1-10(2,3)9(15)5-7-16(4)8-6-11(12,13)14/h9H,5-8,15H2,1-4H3. The highest BCUT2D eigenvalue weighted by Gasteiger charge is 2.27. The van der Waals surface area contributed by atoms with Gasteiger partial charge < -0.3 is 10.6 Å². The first-order chi connectivity index (χ1) is 7.02. The molecule has 0 fully saturated rings. The van der Waals surface area contributed by atoms with Crippen molar-refractivity contribution >= 4 is 0 Å². The molecule has 2 N–H and O–H groups in total. The Kier molecular flexibility index (Phi) is 5.76. The average molecular weight is 240 g/mol. The summed E-state index contributed by atoms with van der Waals surface area (Å²) in [6.07, 6.45) is -4.10. The summed E-state index contributed by atoms with van der Waals surface area (Å²) < 4.78 is 35.9. The van der Waals surface area contributed by atoms with Gasteiger partial charge in [0.15, 0.2) is 0 Å². The van der Waals surface area contributed by atoms with Gasteiger partial charge in [0, 0.05) is 12.6 Å². The lowest BCUT2D eigenvalue weighted by Crippen LogP contribution is -2.38. The van der Waals surface area contributed by atoms with E-state index in [0.29, 0.717) is 6.54 Å². The smallest absolute Gasteiger partial charge is 0.327 e. The molecule has 1 unspecified atom stereocenters. The SMILES string of the molecule is CN(CCC(N)C(C)(C)C)CCC(F)(F)F. The van der Waals surface area contributed by atoms with E-state index >= 15 is 0 Å². The van der Waals surface area contributed by atoms with Gasteiger partial charge in [0.05, 0.1) is 6.42 Å². The fraction of sp³-hybridized carbons (Fsp3) is 1.00. The lowest BCUT2D eigenvalue weighted by molar-refractivity contribution is -0.137. The summed E-state index contributed by atoms with van der Waals surface area (Å²) in [4.78, 5) is 1.68. The Balaban J connectivity index is 3.78. The summed E-state index contributed by atoms with van der Waals surface area (Å²) >= 11 is 0. The van der Waals surface area contributed by atoms with E-state index in [4.69, 9.17) is 5.73 Å². The van der Waals surface area contributed by atoms with Gasteiger partial charge in [-0.2, -0.15) is 13.2 Å². The van der Waals surface area contributed by atoms with Crippen LogP contribution in [0.3, 0.4) is 0 Å². The molecule has 0 aliphatic carbocycles. The van der Waals surface area contributed by atoms with E-state index in [1.807, 2.05) is 20.8 Å². The average Bonchev–Trinajstić information content (AvgIpc) is 2.08. The van der Waals surface area contributed by atoms with Crippen LogP contribution in [0.15, 0.2) is 0 Å². The number of nitrogens with zero attached hydrogens (tertiary/aromatic N) is 1. The van der Waals surface area contributed by atoms with Crippen LogP contribution in [0.5, 0.6) is 0 Å². The summed E-state index contributed by atoms with van der Waals surface area (Å²) in [7, 11) is 1.70. The van der Waals surface area contributed by atoms with Gasteiger partial charge in [0.1, 0.15) is 0 Å². The minimum Gasteiger partial charge on any atom is -0.327 e. The summed E-state index contributed by atoms with van der Waals surface area (Å²) in [5.41, 5.74) is 5.94. The Labute approximate surface area is 96.0 Å². The minimum absolute atomic E-state index is 0.00483. The third kappa shape index (κ3) is 7.93. The molecule has 5 heteroatoms. The fourth-order valence-corrected chi connectivity index (χ4v) is 1.22. The van der Waals surface area contributed by atoms with Crippen molar-refractivity contribution in [1.29, 1.82) is 0 Å². The van der Waals surface area contributed by atoms with E-state index < -0.39 is 12.6 Å². The Bertz CT molecular complexity index is 196. The van der Waals surface area contributed by atoms with E-state index in [-0.39, 0.29) is 18.0 Å². The van der Waals surface area contributed by atoms with E-state index in [2.05, 4.69) is 0 Å². The molecule has 0 aromatic carbocycles. The molecule has 0 saturated heterocycles. The van der Waals surface area contributed by atoms with E-state index in [1.54, 1.807) is 11.9 Å². The first-order valence-corrected chi connectivity index (χ1v) is 5.53. The minimum atomic E-state index is -4.07. The van der Waals surface area contributed by atoms with Crippen LogP contribution < -0.4 is 5.73 Å². The molecule has 2 nitrogen and oxygen atoms in total. The van der Waals surface area contributed by atoms with Gasteiger partial charge in [-0.1, -0.05) is 20.8 Å². The van der Waals surface area contributed by atoms with Gasteiger partial charge in [0.2, 0.25) is 0 Å². The van der Waals surface area contributed by atoms with Gasteiger partial charge in [0.25, 0.3) is 0 Å². The molecule has 0 aromatic rings. The van der Waals surface area contributed by atoms with Gasteiger partial charge in [-0.15, -0.1) is 0 Å². The van der Waals surface area contributed by atoms with Gasteiger partial charge >= 0.3 is 6.18 Å². The van der Waals surface area contributed by atoms with Crippen LogP contribution >= 0.6 is 0 Å². The van der Waals surface area contributed by atoms with Crippen LogP contribution in [-0.4, -0.2) is 37.3 Å². The van der Waals surface area contributed by atoms with Crippen LogP contribution in [-0.2, 0) is 0 Å². The summed E-state index contributed by atoms with van der Waals surface area (Å²) in [6.45, 7) is 6.75. The Morgan fingerprint density at radius 1 is 1.12 bits per heavy atom. The van der Waals surface area contributed by atoms with Crippen LogP contribution in [0.2, 0.25) is 0 Å². The zero-order chi connectivity index (χ0) is 13.0. The lowest BCUT2D eigenvalue weighted by atomic mass is 9.85. The topological polar surface area (TPSA) is 29.3 Å². The Morgan fingerprint density at radius 3 is 2.00 bits per heavy atom. The summed E-state index contributed by atoms with van der Waals surface area (Å²) in [5.74, 6) is 0. The Hall–Kier alpha value is -0.290. The maximum absolute atomic E-state index is 12.0. The molecule has 0 bridgehead atoms. The quantitative estimate of drug-likeness (QED) is 0.800. The third-order valence-corrected chi connectivity index (χ3v) is 2.71. The maximum Gasteiger partial charge on any atom is 0.390 e. The predicted molar refractivity (Wildman–Crippen MR) is 60.2 cm³/mol. The molecule has 0 amide bonds. The lowest BCUT2D eigenvalue weighted by Gasteiger charge is -2.29. The van der Waals surface area contributed by atoms with Crippen LogP contribution in [0.4, 0.5) is 13.2 Å². The van der Waals surface area contributed by atoms with Crippen LogP contribution in [0.25, 0.3) is 0 Å². The van der Waals surface area contributed by atoms with Crippen molar-refractivity contribution < 1.29 is 13.2 Å². The fourth-order valence-electron chi connectivity index (χ4n) is 1.22. The van der Waals surface area contributed by atoms with Crippen LogP contribution in [0.1, 0.15) is 33.6 Å². The maximum atomic E-state index is 12.0. The Morgan fingerprint density at radius 2 is 1.62 bits per heavy atom. The second-order valence-corrected chi connectivity index (χ2v) is 5.43. The van der Waals surface area contributed by atoms with Gasteiger partial charge in [-0.25, -0.2) is 0 Å². The first kappa shape index (κ1) is 15.7. The monoisotopic (exact) mass is 240 g/mol. The van der Waals surface area contributed by atoms with Crippen molar-refractivity contribution in [3.05, 3.63) is 0 Å². The van der Waals surface area contributed by atoms with E-state index in [9.17, 15) is 13.2 Å². The molecule has 0 rings (SSSR count). The van der Waals surface area contributed by atoms with Crippen molar-refractivity contribution in [1.82, 2.24) is 4.90 Å².